The van der Waals surface area contributed by atoms with Crippen molar-refractivity contribution in [3.05, 3.63) is 213 Å². The first-order valence-corrected chi connectivity index (χ1v) is 18.9. The molecule has 6 aromatic rings. The van der Waals surface area contributed by atoms with Gasteiger partial charge in [0.25, 0.3) is 0 Å². The van der Waals surface area contributed by atoms with Gasteiger partial charge in [-0.1, -0.05) is 180 Å². The fourth-order valence-corrected chi connectivity index (χ4v) is 7.99. The third-order valence-electron chi connectivity index (χ3n) is 11.4. The zero-order chi connectivity index (χ0) is 39.0. The molecule has 0 saturated heterocycles. The first-order chi connectivity index (χ1) is 26.4. The Morgan fingerprint density at radius 3 is 1.02 bits per heavy atom. The highest BCUT2D eigenvalue weighted by Crippen LogP contribution is 2.57. The SMILES string of the molecule is Cc1ccc(C(O)(c2ccc(C)cc2)[C@@H](c2ccccc2)N(C(=O)C2(C(N)=O)CC2)[C@H](c2ccccc2)C(O)(c2ccc(C)cc2)c2ccc(C)cc2)cc1. The normalized spacial score (nSPS) is 14.8. The summed E-state index contributed by atoms with van der Waals surface area (Å²) in [5, 5.41) is 28.0. The summed E-state index contributed by atoms with van der Waals surface area (Å²) in [5.74, 6) is -1.29. The van der Waals surface area contributed by atoms with Gasteiger partial charge < -0.3 is 20.8 Å². The maximum absolute atomic E-state index is 15.9. The van der Waals surface area contributed by atoms with Gasteiger partial charge in [0, 0.05) is 0 Å². The summed E-state index contributed by atoms with van der Waals surface area (Å²) >= 11 is 0. The molecule has 0 bridgehead atoms. The quantitative estimate of drug-likeness (QED) is 0.110. The summed E-state index contributed by atoms with van der Waals surface area (Å²) in [5.41, 5.74) is 8.17. The second-order valence-electron chi connectivity index (χ2n) is 15.3. The third-order valence-corrected chi connectivity index (χ3v) is 11.4. The van der Waals surface area contributed by atoms with E-state index >= 15 is 4.79 Å². The van der Waals surface area contributed by atoms with Gasteiger partial charge in [-0.2, -0.15) is 0 Å². The van der Waals surface area contributed by atoms with Gasteiger partial charge in [0.2, 0.25) is 11.8 Å². The van der Waals surface area contributed by atoms with Gasteiger partial charge in [-0.05, 0) is 73.9 Å². The van der Waals surface area contributed by atoms with Crippen molar-refractivity contribution < 1.29 is 19.8 Å². The highest BCUT2D eigenvalue weighted by molar-refractivity contribution is 6.07. The minimum atomic E-state index is -1.92. The van der Waals surface area contributed by atoms with Crippen LogP contribution in [0.5, 0.6) is 0 Å². The van der Waals surface area contributed by atoms with Crippen LogP contribution in [-0.2, 0) is 20.8 Å². The lowest BCUT2D eigenvalue weighted by Gasteiger charge is -2.52. The average Bonchev–Trinajstić information content (AvgIpc) is 4.02. The van der Waals surface area contributed by atoms with Gasteiger partial charge >= 0.3 is 0 Å². The number of primary amides is 1. The Balaban J connectivity index is 1.65. The zero-order valence-electron chi connectivity index (χ0n) is 31.8. The van der Waals surface area contributed by atoms with Gasteiger partial charge in [-0.25, -0.2) is 0 Å². The molecule has 6 heteroatoms. The van der Waals surface area contributed by atoms with Crippen LogP contribution >= 0.6 is 0 Å². The summed E-state index contributed by atoms with van der Waals surface area (Å²) in [7, 11) is 0. The van der Waals surface area contributed by atoms with Crippen molar-refractivity contribution in [2.45, 2.75) is 63.8 Å². The molecule has 1 aliphatic rings. The summed E-state index contributed by atoms with van der Waals surface area (Å²) in [6.45, 7) is 7.94. The number of hydrogen-bond donors (Lipinski definition) is 3. The predicted molar refractivity (Wildman–Crippen MR) is 217 cm³/mol. The van der Waals surface area contributed by atoms with E-state index in [4.69, 9.17) is 5.73 Å². The average molecular weight is 729 g/mol. The van der Waals surface area contributed by atoms with Crippen LogP contribution in [0.25, 0.3) is 0 Å². The van der Waals surface area contributed by atoms with Crippen LogP contribution in [0.1, 0.15) is 80.6 Å². The number of rotatable bonds is 12. The first-order valence-electron chi connectivity index (χ1n) is 18.9. The Morgan fingerprint density at radius 1 is 0.509 bits per heavy atom. The monoisotopic (exact) mass is 728 g/mol. The number of nitrogens with two attached hydrogens (primary N) is 1. The Bertz CT molecular complexity index is 2030. The third kappa shape index (κ3) is 6.77. The van der Waals surface area contributed by atoms with E-state index in [-0.39, 0.29) is 12.8 Å². The molecule has 1 aliphatic carbocycles. The minimum absolute atomic E-state index is 0.252. The van der Waals surface area contributed by atoms with E-state index in [1.165, 1.54) is 0 Å². The van der Waals surface area contributed by atoms with Gasteiger partial charge in [-0.3, -0.25) is 9.59 Å². The molecule has 4 N–H and O–H groups in total. The van der Waals surface area contributed by atoms with Crippen molar-refractivity contribution in [2.75, 3.05) is 0 Å². The largest absolute Gasteiger partial charge is 0.378 e. The van der Waals surface area contributed by atoms with Gasteiger partial charge in [-0.15, -0.1) is 0 Å². The summed E-state index contributed by atoms with van der Waals surface area (Å²) in [6.07, 6.45) is 0.503. The number of carbonyl (C=O) groups excluding carboxylic acids is 2. The van der Waals surface area contributed by atoms with E-state index in [1.807, 2.05) is 185 Å². The van der Waals surface area contributed by atoms with Gasteiger partial charge in [0.15, 0.2) is 0 Å². The van der Waals surface area contributed by atoms with E-state index in [1.54, 1.807) is 4.90 Å². The van der Waals surface area contributed by atoms with Crippen molar-refractivity contribution in [3.63, 3.8) is 0 Å². The number of aryl methyl sites for hydroxylation is 4. The Kier molecular flexibility index (Phi) is 10.1. The lowest BCUT2D eigenvalue weighted by atomic mass is 9.71. The maximum Gasteiger partial charge on any atom is 0.239 e. The fraction of sp³-hybridized carbons (Fsp3) is 0.224. The van der Waals surface area contributed by atoms with Crippen LogP contribution in [0.3, 0.4) is 0 Å². The van der Waals surface area contributed by atoms with Crippen molar-refractivity contribution in [2.24, 2.45) is 11.1 Å². The molecule has 55 heavy (non-hydrogen) atoms. The molecule has 0 unspecified atom stereocenters. The Labute approximate surface area is 323 Å². The summed E-state index contributed by atoms with van der Waals surface area (Å²) < 4.78 is 0. The second kappa shape index (κ2) is 14.8. The van der Waals surface area contributed by atoms with E-state index in [2.05, 4.69) is 0 Å². The molecule has 1 saturated carbocycles. The molecule has 0 aliphatic heterocycles. The smallest absolute Gasteiger partial charge is 0.239 e. The molecule has 0 radical (unpaired) electrons. The molecular formula is C49H48N2O4. The highest BCUT2D eigenvalue weighted by Gasteiger charge is 2.63. The minimum Gasteiger partial charge on any atom is -0.378 e. The van der Waals surface area contributed by atoms with Crippen LogP contribution in [-0.4, -0.2) is 26.9 Å². The maximum atomic E-state index is 15.9. The van der Waals surface area contributed by atoms with Gasteiger partial charge in [0.1, 0.15) is 16.6 Å². The number of carbonyl (C=O) groups is 2. The molecular weight excluding hydrogens is 681 g/mol. The molecule has 6 nitrogen and oxygen atoms in total. The van der Waals surface area contributed by atoms with Crippen LogP contribution in [0.2, 0.25) is 0 Å². The molecule has 6 aromatic carbocycles. The molecule has 2 amide bonds. The van der Waals surface area contributed by atoms with Crippen molar-refractivity contribution in [1.82, 2.24) is 4.90 Å². The summed E-state index contributed by atoms with van der Waals surface area (Å²) in [4.78, 5) is 31.1. The molecule has 7 rings (SSSR count). The molecule has 2 atom stereocenters. The molecule has 0 spiro atoms. The predicted octanol–water partition coefficient (Wildman–Crippen LogP) is 8.67. The topological polar surface area (TPSA) is 104 Å². The second-order valence-corrected chi connectivity index (χ2v) is 15.3. The molecule has 278 valence electrons. The van der Waals surface area contributed by atoms with Crippen LogP contribution in [0.4, 0.5) is 0 Å². The van der Waals surface area contributed by atoms with Gasteiger partial charge in [0.05, 0.1) is 12.1 Å². The van der Waals surface area contributed by atoms with E-state index < -0.39 is 40.5 Å². The molecule has 1 fully saturated rings. The van der Waals surface area contributed by atoms with E-state index in [9.17, 15) is 15.0 Å². The lowest BCUT2D eigenvalue weighted by Crippen LogP contribution is -2.57. The van der Waals surface area contributed by atoms with Crippen LogP contribution in [0, 0.1) is 33.1 Å². The lowest BCUT2D eigenvalue weighted by molar-refractivity contribution is -0.163. The number of amides is 2. The van der Waals surface area contributed by atoms with E-state index in [0.717, 1.165) is 22.3 Å². The number of aliphatic hydroxyl groups is 2. The van der Waals surface area contributed by atoms with Crippen molar-refractivity contribution in [3.8, 4) is 0 Å². The Hall–Kier alpha value is -5.82. The fourth-order valence-electron chi connectivity index (χ4n) is 7.99. The first kappa shape index (κ1) is 37.5. The van der Waals surface area contributed by atoms with Crippen LogP contribution in [0.15, 0.2) is 158 Å². The van der Waals surface area contributed by atoms with Crippen molar-refractivity contribution in [1.29, 1.82) is 0 Å². The van der Waals surface area contributed by atoms with Crippen molar-refractivity contribution >= 4 is 11.8 Å². The molecule has 0 aromatic heterocycles. The zero-order valence-corrected chi connectivity index (χ0v) is 31.8. The number of benzene rings is 6. The number of hydrogen-bond acceptors (Lipinski definition) is 4. The number of nitrogens with zero attached hydrogens (tertiary/aromatic N) is 1. The van der Waals surface area contributed by atoms with E-state index in [0.29, 0.717) is 33.4 Å². The van der Waals surface area contributed by atoms with Crippen LogP contribution < -0.4 is 5.73 Å². The molecule has 0 heterocycles. The Morgan fingerprint density at radius 2 is 0.782 bits per heavy atom. The summed E-state index contributed by atoms with van der Waals surface area (Å²) in [6, 6.07) is 47.1. The highest BCUT2D eigenvalue weighted by atomic mass is 16.3. The standard InChI is InChI=1S/C49H48N2O4/c1-33-15-23-39(24-16-33)48(54,40-25-17-34(2)18-26-40)43(37-11-7-5-8-12-37)51(46(53)47(31-32-47)45(50)52)44(38-13-9-6-10-14-38)49(55,41-27-19-35(3)20-28-41)42-29-21-36(4)22-30-42/h5-30,43-44,54-55H,31-32H2,1-4H3,(H2,50,52)/t43-,44-/m1/s1.